The third kappa shape index (κ3) is 5.52. The van der Waals surface area contributed by atoms with Crippen LogP contribution in [0.25, 0.3) is 16.7 Å². The number of fused-ring (bicyclic) bond motifs is 2. The summed E-state index contributed by atoms with van der Waals surface area (Å²) in [5.74, 6) is -0.793. The number of pyridine rings is 2. The molecule has 0 bridgehead atoms. The SMILES string of the molecule is C=C/C=C\C=C(/CC(=O)N=c1c(C#N)cc2c(=O)n3cccc(C)c3nc2n1CCCCC)[N+](=O)[O-]. The molecule has 0 saturated heterocycles. The Hall–Kier alpha value is -4.65. The third-order valence-electron chi connectivity index (χ3n) is 5.54. The number of unbranched alkanes of at least 4 members (excludes halogenated alkanes) is 2. The van der Waals surface area contributed by atoms with E-state index in [1.807, 2.05) is 26.0 Å². The van der Waals surface area contributed by atoms with Crippen LogP contribution in [0.5, 0.6) is 0 Å². The molecule has 0 fully saturated rings. The molecule has 0 aromatic carbocycles. The lowest BCUT2D eigenvalue weighted by atomic mass is 10.2. The zero-order chi connectivity index (χ0) is 26.2. The molecule has 10 nitrogen and oxygen atoms in total. The first-order valence-corrected chi connectivity index (χ1v) is 11.5. The Kier molecular flexibility index (Phi) is 8.41. The minimum Gasteiger partial charge on any atom is -0.309 e. The number of nitrogens with zero attached hydrogens (tertiary/aromatic N) is 6. The summed E-state index contributed by atoms with van der Waals surface area (Å²) in [5.41, 5.74) is 0.881. The van der Waals surface area contributed by atoms with Gasteiger partial charge in [0.15, 0.2) is 5.49 Å². The second-order valence-electron chi connectivity index (χ2n) is 8.11. The van der Waals surface area contributed by atoms with E-state index in [0.717, 1.165) is 18.4 Å². The topological polar surface area (TPSA) is 136 Å². The summed E-state index contributed by atoms with van der Waals surface area (Å²) in [5, 5.41) is 21.5. The Morgan fingerprint density at radius 3 is 2.78 bits per heavy atom. The minimum atomic E-state index is -0.793. The van der Waals surface area contributed by atoms with Crippen molar-refractivity contribution in [3.63, 3.8) is 0 Å². The maximum absolute atomic E-state index is 13.3. The lowest BCUT2D eigenvalue weighted by molar-refractivity contribution is -0.426. The number of aromatic nitrogens is 3. The number of amides is 1. The number of nitriles is 1. The molecule has 36 heavy (non-hydrogen) atoms. The summed E-state index contributed by atoms with van der Waals surface area (Å²) in [7, 11) is 0. The fraction of sp³-hybridized carbons (Fsp3) is 0.269. The predicted octanol–water partition coefficient (Wildman–Crippen LogP) is 3.74. The molecular weight excluding hydrogens is 460 g/mol. The molecule has 0 saturated carbocycles. The maximum atomic E-state index is 13.3. The van der Waals surface area contributed by atoms with Gasteiger partial charge in [-0.05, 0) is 31.0 Å². The Morgan fingerprint density at radius 2 is 2.11 bits per heavy atom. The molecule has 3 aromatic rings. The van der Waals surface area contributed by atoms with Crippen molar-refractivity contribution in [1.29, 1.82) is 5.26 Å². The van der Waals surface area contributed by atoms with Crippen molar-refractivity contribution in [3.05, 3.63) is 98.1 Å². The molecule has 184 valence electrons. The molecule has 0 unspecified atom stereocenters. The quantitative estimate of drug-likeness (QED) is 0.149. The van der Waals surface area contributed by atoms with E-state index in [4.69, 9.17) is 4.98 Å². The lowest BCUT2D eigenvalue weighted by Gasteiger charge is -2.14. The van der Waals surface area contributed by atoms with Crippen LogP contribution in [0.1, 0.15) is 43.7 Å². The van der Waals surface area contributed by atoms with E-state index in [0.29, 0.717) is 24.3 Å². The second-order valence-corrected chi connectivity index (χ2v) is 8.11. The molecule has 3 heterocycles. The normalized spacial score (nSPS) is 12.4. The van der Waals surface area contributed by atoms with Crippen LogP contribution in [0.3, 0.4) is 0 Å². The molecule has 0 aliphatic carbocycles. The van der Waals surface area contributed by atoms with Crippen molar-refractivity contribution in [2.45, 2.75) is 46.1 Å². The first-order valence-electron chi connectivity index (χ1n) is 11.5. The number of hydrogen-bond acceptors (Lipinski definition) is 6. The highest BCUT2D eigenvalue weighted by atomic mass is 16.6. The summed E-state index contributed by atoms with van der Waals surface area (Å²) >= 11 is 0. The van der Waals surface area contributed by atoms with E-state index in [2.05, 4.69) is 11.6 Å². The monoisotopic (exact) mass is 486 g/mol. The largest absolute Gasteiger partial charge is 0.309 e. The first kappa shape index (κ1) is 26.0. The zero-order valence-electron chi connectivity index (χ0n) is 20.2. The smallest absolute Gasteiger partial charge is 0.267 e. The van der Waals surface area contributed by atoms with Crippen LogP contribution < -0.4 is 11.0 Å². The number of carbonyl (C=O) groups excluding carboxylic acids is 1. The van der Waals surface area contributed by atoms with Crippen LogP contribution in [0.4, 0.5) is 0 Å². The first-order chi connectivity index (χ1) is 17.3. The van der Waals surface area contributed by atoms with Gasteiger partial charge in [0.1, 0.15) is 23.8 Å². The third-order valence-corrected chi connectivity index (χ3v) is 5.54. The van der Waals surface area contributed by atoms with E-state index in [-0.39, 0.29) is 27.7 Å². The molecule has 0 N–H and O–H groups in total. The molecule has 1 amide bonds. The minimum absolute atomic E-state index is 0.0111. The van der Waals surface area contributed by atoms with Crippen LogP contribution >= 0.6 is 0 Å². The van der Waals surface area contributed by atoms with Gasteiger partial charge >= 0.3 is 0 Å². The summed E-state index contributed by atoms with van der Waals surface area (Å²) in [4.78, 5) is 45.6. The molecule has 0 radical (unpaired) electrons. The van der Waals surface area contributed by atoms with Crippen molar-refractivity contribution >= 4 is 22.6 Å². The van der Waals surface area contributed by atoms with Crippen LogP contribution in [0.15, 0.2) is 70.8 Å². The fourth-order valence-electron chi connectivity index (χ4n) is 3.76. The van der Waals surface area contributed by atoms with Gasteiger partial charge in [-0.25, -0.2) is 4.98 Å². The summed E-state index contributed by atoms with van der Waals surface area (Å²) in [6.07, 6.45) is 9.09. The van der Waals surface area contributed by atoms with Crippen molar-refractivity contribution in [2.24, 2.45) is 4.99 Å². The van der Waals surface area contributed by atoms with E-state index in [1.54, 1.807) is 16.8 Å². The highest BCUT2D eigenvalue weighted by Crippen LogP contribution is 2.14. The number of hydrogen-bond donors (Lipinski definition) is 0. The van der Waals surface area contributed by atoms with Crippen molar-refractivity contribution in [1.82, 2.24) is 14.0 Å². The highest BCUT2D eigenvalue weighted by molar-refractivity contribution is 5.81. The molecular formula is C26H26N6O4. The van der Waals surface area contributed by atoms with Gasteiger partial charge in [0.2, 0.25) is 0 Å². The van der Waals surface area contributed by atoms with Crippen molar-refractivity contribution < 1.29 is 9.72 Å². The predicted molar refractivity (Wildman–Crippen MR) is 136 cm³/mol. The fourth-order valence-corrected chi connectivity index (χ4v) is 3.76. The molecule has 0 aliphatic heterocycles. The maximum Gasteiger partial charge on any atom is 0.267 e. The number of allylic oxidation sites excluding steroid dienone is 4. The number of aryl methyl sites for hydroxylation is 2. The number of carbonyl (C=O) groups is 1. The number of rotatable bonds is 9. The van der Waals surface area contributed by atoms with Crippen molar-refractivity contribution in [3.8, 4) is 6.07 Å². The van der Waals surface area contributed by atoms with Gasteiger partial charge in [-0.2, -0.15) is 10.3 Å². The Morgan fingerprint density at radius 1 is 1.33 bits per heavy atom. The second kappa shape index (κ2) is 11.7. The van der Waals surface area contributed by atoms with Crippen LogP contribution in [0.2, 0.25) is 0 Å². The summed E-state index contributed by atoms with van der Waals surface area (Å²) in [6, 6.07) is 6.96. The highest BCUT2D eigenvalue weighted by Gasteiger charge is 2.18. The van der Waals surface area contributed by atoms with E-state index >= 15 is 0 Å². The summed E-state index contributed by atoms with van der Waals surface area (Å²) in [6.45, 7) is 7.73. The standard InChI is InChI=1S/C26H26N6O4/c1-4-6-8-12-20(32(35)36)16-22(33)28-24-19(17-27)15-21-25(30(24)13-9-7-5-2)29-23-18(3)11-10-14-31(23)26(21)34/h4,6,8,10-12,14-15H,1,5,7,9,13,16H2,2-3H3/b8-6-,20-12+,28-24?. The molecule has 0 aliphatic rings. The van der Waals surface area contributed by atoms with Gasteiger partial charge < -0.3 is 4.57 Å². The molecule has 10 heteroatoms. The average Bonchev–Trinajstić information content (AvgIpc) is 2.85. The van der Waals surface area contributed by atoms with E-state index in [1.165, 1.54) is 34.8 Å². The van der Waals surface area contributed by atoms with Gasteiger partial charge in [0, 0.05) is 18.8 Å². The molecule has 3 rings (SSSR count). The molecule has 0 spiro atoms. The molecule has 3 aromatic heterocycles. The number of nitro groups is 1. The lowest BCUT2D eigenvalue weighted by Crippen LogP contribution is -2.30. The van der Waals surface area contributed by atoms with Gasteiger partial charge in [0.25, 0.3) is 17.2 Å². The van der Waals surface area contributed by atoms with Gasteiger partial charge in [0.05, 0.1) is 15.9 Å². The van der Waals surface area contributed by atoms with Crippen LogP contribution in [-0.2, 0) is 11.3 Å². The van der Waals surface area contributed by atoms with Crippen molar-refractivity contribution in [2.75, 3.05) is 0 Å². The Labute approximate surface area is 207 Å². The zero-order valence-corrected chi connectivity index (χ0v) is 20.2. The van der Waals surface area contributed by atoms with Gasteiger partial charge in [-0.15, -0.1) is 0 Å². The van der Waals surface area contributed by atoms with Crippen LogP contribution in [0, 0.1) is 28.4 Å². The van der Waals surface area contributed by atoms with Gasteiger partial charge in [-0.3, -0.25) is 24.1 Å². The summed E-state index contributed by atoms with van der Waals surface area (Å²) < 4.78 is 3.02. The average molecular weight is 487 g/mol. The molecule has 0 atom stereocenters. The Balaban J connectivity index is 2.30. The van der Waals surface area contributed by atoms with E-state index in [9.17, 15) is 25.0 Å². The van der Waals surface area contributed by atoms with Gasteiger partial charge in [-0.1, -0.05) is 50.6 Å². The Bertz CT molecular complexity index is 1580. The van der Waals surface area contributed by atoms with Crippen LogP contribution in [-0.4, -0.2) is 24.8 Å². The van der Waals surface area contributed by atoms with E-state index < -0.39 is 17.3 Å².